The van der Waals surface area contributed by atoms with Crippen LogP contribution >= 0.6 is 11.3 Å². The number of rotatable bonds is 5. The normalized spacial score (nSPS) is 10.4. The molecule has 0 atom stereocenters. The fourth-order valence-electron chi connectivity index (χ4n) is 2.34. The molecule has 3 rings (SSSR count). The Bertz CT molecular complexity index is 987. The summed E-state index contributed by atoms with van der Waals surface area (Å²) < 4.78 is 0.957. The number of aliphatic carboxylic acids is 1. The van der Waals surface area contributed by atoms with Gasteiger partial charge in [0.1, 0.15) is 11.6 Å². The molecule has 1 amide bonds. The van der Waals surface area contributed by atoms with Crippen LogP contribution in [0.1, 0.15) is 10.6 Å². The first-order valence-corrected chi connectivity index (χ1v) is 8.25. The summed E-state index contributed by atoms with van der Waals surface area (Å²) >= 11 is 1.41. The van der Waals surface area contributed by atoms with E-state index in [-0.39, 0.29) is 12.3 Å². The predicted molar refractivity (Wildman–Crippen MR) is 94.1 cm³/mol. The Kier molecular flexibility index (Phi) is 4.73. The molecule has 0 radical (unpaired) electrons. The number of nitrogens with zero attached hydrogens (tertiary/aromatic N) is 2. The van der Waals surface area contributed by atoms with Crippen molar-refractivity contribution in [1.29, 1.82) is 5.26 Å². The van der Waals surface area contributed by atoms with Gasteiger partial charge in [0.05, 0.1) is 28.3 Å². The number of carbonyl (C=O) groups excluding carboxylic acids is 1. The van der Waals surface area contributed by atoms with E-state index in [2.05, 4.69) is 16.4 Å². The van der Waals surface area contributed by atoms with Crippen molar-refractivity contribution < 1.29 is 14.7 Å². The first kappa shape index (κ1) is 16.6. The van der Waals surface area contributed by atoms with Crippen LogP contribution < -0.4 is 5.32 Å². The fraction of sp³-hybridized carbons (Fsp3) is 0.111. The second kappa shape index (κ2) is 7.11. The molecule has 0 aliphatic heterocycles. The number of thiazole rings is 1. The molecule has 0 aliphatic rings. The minimum atomic E-state index is -1.08. The van der Waals surface area contributed by atoms with E-state index in [9.17, 15) is 9.59 Å². The molecule has 124 valence electrons. The van der Waals surface area contributed by atoms with E-state index in [1.807, 2.05) is 30.3 Å². The number of nitrogens with one attached hydrogen (secondary N) is 1. The molecule has 0 fully saturated rings. The highest BCUT2D eigenvalue weighted by Crippen LogP contribution is 2.28. The van der Waals surface area contributed by atoms with E-state index < -0.39 is 12.5 Å². The molecule has 0 aliphatic carbocycles. The standard InChI is InChI=1S/C18H13N3O3S/c19-9-11-1-3-12(4-2-11)13-5-6-15-14(7-13)21-17(25-15)8-16(22)20-10-18(23)24/h1-7H,8,10H2,(H,20,22)(H,23,24). The summed E-state index contributed by atoms with van der Waals surface area (Å²) in [5.74, 6) is -1.45. The average molecular weight is 351 g/mol. The van der Waals surface area contributed by atoms with Gasteiger partial charge in [-0.05, 0) is 35.4 Å². The maximum atomic E-state index is 11.7. The Morgan fingerprint density at radius 3 is 2.56 bits per heavy atom. The van der Waals surface area contributed by atoms with Gasteiger partial charge < -0.3 is 10.4 Å². The summed E-state index contributed by atoms with van der Waals surface area (Å²) in [5.41, 5.74) is 3.35. The summed E-state index contributed by atoms with van der Waals surface area (Å²) in [5, 5.41) is 20.4. The van der Waals surface area contributed by atoms with Crippen LogP contribution in [0.3, 0.4) is 0 Å². The number of nitriles is 1. The number of hydrogen-bond donors (Lipinski definition) is 2. The average Bonchev–Trinajstić information content (AvgIpc) is 3.01. The summed E-state index contributed by atoms with van der Waals surface area (Å²) in [7, 11) is 0. The van der Waals surface area contributed by atoms with Crippen molar-refractivity contribution >= 4 is 33.4 Å². The lowest BCUT2D eigenvalue weighted by molar-refractivity contribution is -0.137. The van der Waals surface area contributed by atoms with Gasteiger partial charge in [-0.3, -0.25) is 9.59 Å². The molecule has 25 heavy (non-hydrogen) atoms. The highest BCUT2D eigenvalue weighted by Gasteiger charge is 2.11. The van der Waals surface area contributed by atoms with E-state index in [4.69, 9.17) is 10.4 Å². The van der Waals surface area contributed by atoms with E-state index in [1.54, 1.807) is 12.1 Å². The molecule has 2 aromatic carbocycles. The van der Waals surface area contributed by atoms with Crippen molar-refractivity contribution in [3.63, 3.8) is 0 Å². The lowest BCUT2D eigenvalue weighted by atomic mass is 10.0. The van der Waals surface area contributed by atoms with Crippen LogP contribution in [0.25, 0.3) is 21.3 Å². The van der Waals surface area contributed by atoms with Crippen LogP contribution in [0.5, 0.6) is 0 Å². The van der Waals surface area contributed by atoms with E-state index in [0.29, 0.717) is 10.6 Å². The zero-order valence-corrected chi connectivity index (χ0v) is 13.8. The zero-order valence-electron chi connectivity index (χ0n) is 13.0. The molecule has 1 aromatic heterocycles. The summed E-state index contributed by atoms with van der Waals surface area (Å²) in [6, 6.07) is 15.2. The first-order chi connectivity index (χ1) is 12.0. The van der Waals surface area contributed by atoms with Gasteiger partial charge in [0.15, 0.2) is 0 Å². The molecule has 7 heteroatoms. The van der Waals surface area contributed by atoms with Crippen molar-refractivity contribution in [2.75, 3.05) is 6.54 Å². The number of carboxylic acid groups (broad SMARTS) is 1. The second-order valence-electron chi connectivity index (χ2n) is 5.33. The van der Waals surface area contributed by atoms with E-state index in [1.165, 1.54) is 11.3 Å². The van der Waals surface area contributed by atoms with Crippen molar-refractivity contribution in [3.05, 3.63) is 53.0 Å². The molecule has 6 nitrogen and oxygen atoms in total. The van der Waals surface area contributed by atoms with Gasteiger partial charge in [0, 0.05) is 0 Å². The van der Waals surface area contributed by atoms with Crippen LogP contribution in [0.2, 0.25) is 0 Å². The van der Waals surface area contributed by atoms with Crippen LogP contribution in [-0.4, -0.2) is 28.5 Å². The molecule has 3 aromatic rings. The lowest BCUT2D eigenvalue weighted by Gasteiger charge is -2.01. The van der Waals surface area contributed by atoms with Crippen LogP contribution in [0.4, 0.5) is 0 Å². The highest BCUT2D eigenvalue weighted by molar-refractivity contribution is 7.18. The molecule has 0 saturated carbocycles. The predicted octanol–water partition coefficient (Wildman–Crippen LogP) is 2.58. The number of amides is 1. The minimum Gasteiger partial charge on any atom is -0.480 e. The van der Waals surface area contributed by atoms with E-state index in [0.717, 1.165) is 21.3 Å². The molecule has 1 heterocycles. The molecule has 2 N–H and O–H groups in total. The van der Waals surface area contributed by atoms with Gasteiger partial charge in [0.2, 0.25) is 5.91 Å². The third-order valence-corrected chi connectivity index (χ3v) is 4.56. The summed E-state index contributed by atoms with van der Waals surface area (Å²) in [6.07, 6.45) is 0.0544. The molecule has 0 bridgehead atoms. The maximum Gasteiger partial charge on any atom is 0.322 e. The fourth-order valence-corrected chi connectivity index (χ4v) is 3.29. The molecule has 0 spiro atoms. The highest BCUT2D eigenvalue weighted by atomic mass is 32.1. The monoisotopic (exact) mass is 351 g/mol. The van der Waals surface area contributed by atoms with Gasteiger partial charge in [-0.1, -0.05) is 18.2 Å². The van der Waals surface area contributed by atoms with Crippen LogP contribution in [0.15, 0.2) is 42.5 Å². The third-order valence-electron chi connectivity index (χ3n) is 3.53. The molecular formula is C18H13N3O3S. The maximum absolute atomic E-state index is 11.7. The Morgan fingerprint density at radius 2 is 1.88 bits per heavy atom. The van der Waals surface area contributed by atoms with E-state index >= 15 is 0 Å². The van der Waals surface area contributed by atoms with Gasteiger partial charge in [-0.15, -0.1) is 11.3 Å². The van der Waals surface area contributed by atoms with Gasteiger partial charge in [0.25, 0.3) is 0 Å². The van der Waals surface area contributed by atoms with Gasteiger partial charge >= 0.3 is 5.97 Å². The van der Waals surface area contributed by atoms with Crippen molar-refractivity contribution in [2.45, 2.75) is 6.42 Å². The molecule has 0 saturated heterocycles. The molecular weight excluding hydrogens is 338 g/mol. The number of aromatic nitrogens is 1. The Morgan fingerprint density at radius 1 is 1.16 bits per heavy atom. The minimum absolute atomic E-state index is 0.0544. The number of carboxylic acids is 1. The van der Waals surface area contributed by atoms with Gasteiger partial charge in [-0.25, -0.2) is 4.98 Å². The topological polar surface area (TPSA) is 103 Å². The van der Waals surface area contributed by atoms with Crippen LogP contribution in [-0.2, 0) is 16.0 Å². The second-order valence-corrected chi connectivity index (χ2v) is 6.44. The van der Waals surface area contributed by atoms with Crippen molar-refractivity contribution in [3.8, 4) is 17.2 Å². The number of fused-ring (bicyclic) bond motifs is 1. The summed E-state index contributed by atoms with van der Waals surface area (Å²) in [4.78, 5) is 26.6. The SMILES string of the molecule is N#Cc1ccc(-c2ccc3sc(CC(=O)NCC(=O)O)nc3c2)cc1. The van der Waals surface area contributed by atoms with Gasteiger partial charge in [-0.2, -0.15) is 5.26 Å². The Labute approximate surface area is 147 Å². The molecule has 0 unspecified atom stereocenters. The largest absolute Gasteiger partial charge is 0.480 e. The zero-order chi connectivity index (χ0) is 17.8. The van der Waals surface area contributed by atoms with Crippen molar-refractivity contribution in [1.82, 2.24) is 10.3 Å². The smallest absolute Gasteiger partial charge is 0.322 e. The Balaban J connectivity index is 1.80. The lowest BCUT2D eigenvalue weighted by Crippen LogP contribution is -2.30. The number of carbonyl (C=O) groups is 2. The summed E-state index contributed by atoms with van der Waals surface area (Å²) in [6.45, 7) is -0.396. The third kappa shape index (κ3) is 4.00. The van der Waals surface area contributed by atoms with Crippen molar-refractivity contribution in [2.24, 2.45) is 0 Å². The number of benzene rings is 2. The first-order valence-electron chi connectivity index (χ1n) is 7.43. The quantitative estimate of drug-likeness (QED) is 0.735. The number of hydrogen-bond acceptors (Lipinski definition) is 5. The Hall–Kier alpha value is -3.24. The van der Waals surface area contributed by atoms with Crippen LogP contribution in [0, 0.1) is 11.3 Å².